The second-order valence-corrected chi connectivity index (χ2v) is 16.4. The third kappa shape index (κ3) is 6.32. The van der Waals surface area contributed by atoms with Crippen LogP contribution in [0, 0.1) is 0 Å². The van der Waals surface area contributed by atoms with Crippen LogP contribution < -0.4 is 21.3 Å². The molecule has 1 heterocycles. The molecule has 6 aromatic rings. The van der Waals surface area contributed by atoms with E-state index in [0.717, 1.165) is 19.2 Å². The van der Waals surface area contributed by atoms with Crippen LogP contribution in [0.4, 0.5) is 0 Å². The first kappa shape index (κ1) is 29.4. The van der Waals surface area contributed by atoms with Gasteiger partial charge in [-0.2, -0.15) is 0 Å². The molecule has 216 valence electrons. The Bertz CT molecular complexity index is 1770. The number of rotatable bonds is 9. The van der Waals surface area contributed by atoms with Gasteiger partial charge in [0.15, 0.2) is 8.07 Å². The number of aromatic nitrogens is 2. The first-order chi connectivity index (χ1) is 21.4. The van der Waals surface area contributed by atoms with Crippen molar-refractivity contribution in [2.24, 2.45) is 0 Å². The van der Waals surface area contributed by atoms with E-state index in [-0.39, 0.29) is 5.41 Å². The molecule has 0 fully saturated rings. The van der Waals surface area contributed by atoms with Crippen molar-refractivity contribution < 1.29 is 0 Å². The summed E-state index contributed by atoms with van der Waals surface area (Å²) in [6.07, 6.45) is 7.31. The van der Waals surface area contributed by atoms with Crippen molar-refractivity contribution in [3.05, 3.63) is 175 Å². The van der Waals surface area contributed by atoms with E-state index in [1.54, 1.807) is 0 Å². The van der Waals surface area contributed by atoms with Crippen LogP contribution in [0.3, 0.4) is 0 Å². The molecule has 6 rings (SSSR count). The van der Waals surface area contributed by atoms with E-state index in [1.807, 2.05) is 6.20 Å². The highest BCUT2D eigenvalue weighted by Crippen LogP contribution is 2.22. The minimum Gasteiger partial charge on any atom is -0.345 e. The largest absolute Gasteiger partial charge is 0.345 e. The highest BCUT2D eigenvalue weighted by Gasteiger charge is 2.40. The molecular formula is C40H39BN2Si. The van der Waals surface area contributed by atoms with Gasteiger partial charge in [-0.15, -0.1) is 0 Å². The standard InChI is InChI=1S/C40H39BN2Si/c1-40(2,3)34-24-26-37(27-25-34)44(35-20-12-6-13-21-35,36-22-14-7-15-23-36)31-43-29-28-42-39(43)41-38(33-18-10-5-11-19-33)30-32-16-8-4-9-17-32/h4-30,41H,31H2,1-3H3. The van der Waals surface area contributed by atoms with Crippen LogP contribution in [-0.4, -0.2) is 24.9 Å². The van der Waals surface area contributed by atoms with E-state index in [4.69, 9.17) is 4.98 Å². The summed E-state index contributed by atoms with van der Waals surface area (Å²) < 4.78 is 2.42. The van der Waals surface area contributed by atoms with Crippen molar-refractivity contribution in [2.45, 2.75) is 32.4 Å². The molecule has 0 amide bonds. The summed E-state index contributed by atoms with van der Waals surface area (Å²) in [7, 11) is -1.80. The second-order valence-electron chi connectivity index (χ2n) is 12.6. The average Bonchev–Trinajstić information content (AvgIpc) is 3.51. The summed E-state index contributed by atoms with van der Waals surface area (Å²) in [5, 5.41) is 4.21. The molecule has 0 atom stereocenters. The quantitative estimate of drug-likeness (QED) is 0.113. The molecule has 44 heavy (non-hydrogen) atoms. The third-order valence-electron chi connectivity index (χ3n) is 8.62. The predicted molar refractivity (Wildman–Crippen MR) is 192 cm³/mol. The van der Waals surface area contributed by atoms with E-state index >= 15 is 0 Å². The molecule has 0 saturated heterocycles. The molecule has 0 aliphatic heterocycles. The van der Waals surface area contributed by atoms with Crippen LogP contribution >= 0.6 is 0 Å². The summed E-state index contributed by atoms with van der Waals surface area (Å²) in [5.74, 6) is 0. The number of imidazole rings is 1. The highest BCUT2D eigenvalue weighted by atomic mass is 28.3. The SMILES string of the molecule is CC(C)(C)c1ccc([Si](Cn2ccnc2BC(=Cc2ccccc2)c2ccccc2)(c2ccccc2)c2ccccc2)cc1. The topological polar surface area (TPSA) is 17.8 Å². The number of nitrogens with zero attached hydrogens (tertiary/aromatic N) is 2. The summed E-state index contributed by atoms with van der Waals surface area (Å²) in [6, 6.07) is 53.1. The Morgan fingerprint density at radius 3 is 1.70 bits per heavy atom. The molecule has 0 aliphatic rings. The van der Waals surface area contributed by atoms with Gasteiger partial charge in [-0.1, -0.05) is 178 Å². The third-order valence-corrected chi connectivity index (χ3v) is 13.4. The van der Waals surface area contributed by atoms with Gasteiger partial charge in [0, 0.05) is 18.6 Å². The Morgan fingerprint density at radius 2 is 1.16 bits per heavy atom. The smallest absolute Gasteiger partial charge is 0.239 e. The zero-order chi connectivity index (χ0) is 30.4. The minimum absolute atomic E-state index is 0.0959. The molecule has 0 bridgehead atoms. The Balaban J connectivity index is 1.49. The first-order valence-electron chi connectivity index (χ1n) is 15.5. The number of hydrogen-bond donors (Lipinski definition) is 0. The zero-order valence-electron chi connectivity index (χ0n) is 25.9. The summed E-state index contributed by atoms with van der Waals surface area (Å²) >= 11 is 0. The fraction of sp³-hybridized carbons (Fsp3) is 0.125. The lowest BCUT2D eigenvalue weighted by Gasteiger charge is -2.35. The molecular weight excluding hydrogens is 547 g/mol. The summed E-state index contributed by atoms with van der Waals surface area (Å²) in [6.45, 7) is 6.85. The summed E-state index contributed by atoms with van der Waals surface area (Å²) in [5.41, 5.74) is 6.20. The molecule has 0 unspecified atom stereocenters. The summed E-state index contributed by atoms with van der Waals surface area (Å²) in [4.78, 5) is 4.98. The molecule has 1 aromatic heterocycles. The Hall–Kier alpha value is -4.67. The molecule has 0 radical (unpaired) electrons. The van der Waals surface area contributed by atoms with Gasteiger partial charge in [0.1, 0.15) is 0 Å². The van der Waals surface area contributed by atoms with Gasteiger partial charge in [-0.05, 0) is 37.7 Å². The number of benzene rings is 5. The predicted octanol–water partition coefficient (Wildman–Crippen LogP) is 6.15. The van der Waals surface area contributed by atoms with Crippen LogP contribution in [0.5, 0.6) is 0 Å². The molecule has 0 spiro atoms. The lowest BCUT2D eigenvalue weighted by Crippen LogP contribution is -2.70. The maximum absolute atomic E-state index is 4.98. The fourth-order valence-electron chi connectivity index (χ4n) is 6.19. The molecule has 0 N–H and O–H groups in total. The molecule has 2 nitrogen and oxygen atoms in total. The Labute approximate surface area is 264 Å². The van der Waals surface area contributed by atoms with E-state index in [2.05, 4.69) is 183 Å². The normalized spacial score (nSPS) is 12.2. The van der Waals surface area contributed by atoms with Gasteiger partial charge in [0.2, 0.25) is 7.28 Å². The minimum atomic E-state index is -2.54. The van der Waals surface area contributed by atoms with Crippen LogP contribution in [0.2, 0.25) is 0 Å². The van der Waals surface area contributed by atoms with Gasteiger partial charge < -0.3 is 4.57 Å². The van der Waals surface area contributed by atoms with Crippen LogP contribution in [0.15, 0.2) is 158 Å². The van der Waals surface area contributed by atoms with Crippen LogP contribution in [0.1, 0.15) is 37.5 Å². The highest BCUT2D eigenvalue weighted by molar-refractivity contribution is 7.10. The van der Waals surface area contributed by atoms with Crippen molar-refractivity contribution >= 4 is 48.2 Å². The van der Waals surface area contributed by atoms with Crippen molar-refractivity contribution in [1.82, 2.24) is 9.55 Å². The van der Waals surface area contributed by atoms with Crippen LogP contribution in [-0.2, 0) is 11.6 Å². The van der Waals surface area contributed by atoms with Gasteiger partial charge in [0.25, 0.3) is 0 Å². The van der Waals surface area contributed by atoms with E-state index in [0.29, 0.717) is 0 Å². The van der Waals surface area contributed by atoms with Gasteiger partial charge >= 0.3 is 0 Å². The zero-order valence-corrected chi connectivity index (χ0v) is 26.9. The van der Waals surface area contributed by atoms with Gasteiger partial charge in [-0.25, -0.2) is 0 Å². The van der Waals surface area contributed by atoms with E-state index in [1.165, 1.54) is 37.7 Å². The Morgan fingerprint density at radius 1 is 0.659 bits per heavy atom. The van der Waals surface area contributed by atoms with Crippen molar-refractivity contribution in [1.29, 1.82) is 0 Å². The lowest BCUT2D eigenvalue weighted by molar-refractivity contribution is 0.590. The molecule has 0 saturated carbocycles. The van der Waals surface area contributed by atoms with Gasteiger partial charge in [-0.3, -0.25) is 4.98 Å². The average molecular weight is 587 g/mol. The Kier molecular flexibility index (Phi) is 8.63. The van der Waals surface area contributed by atoms with Crippen LogP contribution in [0.25, 0.3) is 11.5 Å². The molecule has 0 aliphatic carbocycles. The van der Waals surface area contributed by atoms with Crippen molar-refractivity contribution in [3.8, 4) is 0 Å². The first-order valence-corrected chi connectivity index (χ1v) is 17.7. The second kappa shape index (κ2) is 12.9. The molecule has 5 aromatic carbocycles. The van der Waals surface area contributed by atoms with Crippen molar-refractivity contribution in [3.63, 3.8) is 0 Å². The van der Waals surface area contributed by atoms with E-state index in [9.17, 15) is 0 Å². The molecule has 4 heteroatoms. The number of hydrogen-bond acceptors (Lipinski definition) is 1. The van der Waals surface area contributed by atoms with Gasteiger partial charge in [0.05, 0.1) is 5.72 Å². The monoisotopic (exact) mass is 586 g/mol. The maximum atomic E-state index is 4.98. The fourth-order valence-corrected chi connectivity index (χ4v) is 10.8. The maximum Gasteiger partial charge on any atom is 0.239 e. The van der Waals surface area contributed by atoms with E-state index < -0.39 is 8.07 Å². The lowest BCUT2D eigenvalue weighted by atomic mass is 9.65. The van der Waals surface area contributed by atoms with Crippen molar-refractivity contribution in [2.75, 3.05) is 0 Å².